The van der Waals surface area contributed by atoms with Gasteiger partial charge >= 0.3 is 0 Å². The van der Waals surface area contributed by atoms with Crippen molar-refractivity contribution >= 4 is 38.5 Å². The van der Waals surface area contributed by atoms with Crippen molar-refractivity contribution in [3.8, 4) is 0 Å². The van der Waals surface area contributed by atoms with Gasteiger partial charge in [0.2, 0.25) is 0 Å². The van der Waals surface area contributed by atoms with Crippen molar-refractivity contribution in [3.05, 3.63) is 0 Å². The van der Waals surface area contributed by atoms with Crippen LogP contribution in [-0.2, 0) is 0 Å². The molecule has 0 aromatic heterocycles. The number of hydrogen-bond acceptors (Lipinski definition) is 0. The Morgan fingerprint density at radius 2 is 1.92 bits per heavy atom. The van der Waals surface area contributed by atoms with E-state index in [9.17, 15) is 4.39 Å². The minimum Gasteiger partial charge on any atom is -0.244 e. The van der Waals surface area contributed by atoms with Gasteiger partial charge in [-0.1, -0.05) is 38.5 Å². The minimum absolute atomic E-state index is 0.155. The molecule has 0 N–H and O–H groups in total. The summed E-state index contributed by atoms with van der Waals surface area (Å²) in [7, 11) is 0. The monoisotopic (exact) mass is 358 g/mol. The summed E-state index contributed by atoms with van der Waals surface area (Å²) >= 11 is 6.30. The molecule has 13 heavy (non-hydrogen) atoms. The van der Waals surface area contributed by atoms with Crippen LogP contribution < -0.4 is 0 Å². The Morgan fingerprint density at radius 1 is 1.15 bits per heavy atom. The first-order valence-corrected chi connectivity index (χ1v) is 6.85. The molecular weight excluding hydrogens is 346 g/mol. The Balaban J connectivity index is 2.03. The van der Waals surface area contributed by atoms with Gasteiger partial charge < -0.3 is 0 Å². The summed E-state index contributed by atoms with van der Waals surface area (Å²) in [5, 5.41) is 0. The van der Waals surface area contributed by atoms with E-state index in [-0.39, 0.29) is 7.75 Å². The molecule has 0 aliphatic heterocycles. The van der Waals surface area contributed by atoms with Crippen molar-refractivity contribution in [1.29, 1.82) is 0 Å². The van der Waals surface area contributed by atoms with Gasteiger partial charge in [0.05, 0.1) is 0 Å². The second-order valence-corrected chi connectivity index (χ2v) is 9.43. The minimum atomic E-state index is -0.829. The van der Waals surface area contributed by atoms with Crippen molar-refractivity contribution < 1.29 is 4.39 Å². The van der Waals surface area contributed by atoms with E-state index in [4.69, 9.17) is 0 Å². The topological polar surface area (TPSA) is 0 Å². The first kappa shape index (κ1) is 9.37. The van der Waals surface area contributed by atoms with Crippen molar-refractivity contribution in [3.63, 3.8) is 0 Å². The molecule has 0 heterocycles. The zero-order valence-corrected chi connectivity index (χ0v) is 11.2. The standard InChI is InChI=1S/C10H13BrFI/c11-8-1-7-2-9(12,4-8)6-10(13,3-7)5-8/h7H,1-6H2/t7-,8-,9+,10-/m1/s1. The van der Waals surface area contributed by atoms with Crippen molar-refractivity contribution in [1.82, 2.24) is 0 Å². The van der Waals surface area contributed by atoms with E-state index in [2.05, 4.69) is 38.5 Å². The number of rotatable bonds is 0. The molecule has 4 saturated carbocycles. The maximum Gasteiger partial charge on any atom is 0.114 e. The SMILES string of the molecule is F[C@@]12C[C@H]3C[C@@](Br)(C1)C[C@](I)(C3)C2. The van der Waals surface area contributed by atoms with Gasteiger partial charge in [0.1, 0.15) is 5.67 Å². The molecule has 0 nitrogen and oxygen atoms in total. The van der Waals surface area contributed by atoms with Crippen molar-refractivity contribution in [2.75, 3.05) is 0 Å². The molecule has 74 valence electrons. The Hall–Kier alpha value is 1.14. The van der Waals surface area contributed by atoms with E-state index in [1.807, 2.05) is 0 Å². The molecule has 4 fully saturated rings. The smallest absolute Gasteiger partial charge is 0.114 e. The fraction of sp³-hybridized carbons (Fsp3) is 1.00. The Morgan fingerprint density at radius 3 is 2.46 bits per heavy atom. The Kier molecular flexibility index (Phi) is 1.76. The van der Waals surface area contributed by atoms with E-state index in [1.54, 1.807) is 0 Å². The lowest BCUT2D eigenvalue weighted by atomic mass is 9.55. The zero-order chi connectivity index (χ0) is 9.32. The van der Waals surface area contributed by atoms with Crippen LogP contribution in [0.1, 0.15) is 38.5 Å². The fourth-order valence-electron chi connectivity index (χ4n) is 4.09. The van der Waals surface area contributed by atoms with Crippen LogP contribution in [0.2, 0.25) is 0 Å². The summed E-state index contributed by atoms with van der Waals surface area (Å²) < 4.78 is 14.8. The normalized spacial score (nSPS) is 64.4. The lowest BCUT2D eigenvalue weighted by Crippen LogP contribution is -2.60. The number of halogens is 3. The lowest BCUT2D eigenvalue weighted by Gasteiger charge is -2.60. The van der Waals surface area contributed by atoms with Crippen LogP contribution in [0.25, 0.3) is 0 Å². The van der Waals surface area contributed by atoms with Gasteiger partial charge in [-0.05, 0) is 44.4 Å². The molecule has 3 heteroatoms. The third-order valence-electron chi connectivity index (χ3n) is 3.86. The van der Waals surface area contributed by atoms with Crippen LogP contribution in [0.3, 0.4) is 0 Å². The highest BCUT2D eigenvalue weighted by Gasteiger charge is 2.62. The first-order chi connectivity index (χ1) is 5.91. The molecule has 0 unspecified atom stereocenters. The molecule has 4 aliphatic rings. The van der Waals surface area contributed by atoms with E-state index in [1.165, 1.54) is 19.3 Å². The lowest BCUT2D eigenvalue weighted by molar-refractivity contribution is -0.0393. The number of hydrogen-bond donors (Lipinski definition) is 0. The Bertz CT molecular complexity index is 217. The fourth-order valence-corrected chi connectivity index (χ4v) is 8.15. The first-order valence-electron chi connectivity index (χ1n) is 4.97. The molecule has 0 spiro atoms. The highest BCUT2D eigenvalue weighted by molar-refractivity contribution is 14.1. The van der Waals surface area contributed by atoms with E-state index in [0.717, 1.165) is 19.3 Å². The van der Waals surface area contributed by atoms with Crippen LogP contribution in [0, 0.1) is 5.92 Å². The third-order valence-corrected chi connectivity index (χ3v) is 5.95. The number of alkyl halides is 3. The molecule has 0 saturated heterocycles. The van der Waals surface area contributed by atoms with E-state index in [0.29, 0.717) is 5.92 Å². The summed E-state index contributed by atoms with van der Waals surface area (Å²) in [6.07, 6.45) is 6.06. The van der Waals surface area contributed by atoms with Gasteiger partial charge in [0.25, 0.3) is 0 Å². The summed E-state index contributed by atoms with van der Waals surface area (Å²) in [5.41, 5.74) is -0.829. The maximum absolute atomic E-state index is 14.3. The zero-order valence-electron chi connectivity index (χ0n) is 7.45. The van der Waals surface area contributed by atoms with Crippen molar-refractivity contribution in [2.24, 2.45) is 5.92 Å². The highest BCUT2D eigenvalue weighted by Crippen LogP contribution is 2.66. The quantitative estimate of drug-likeness (QED) is 0.453. The van der Waals surface area contributed by atoms with Crippen LogP contribution in [-0.4, -0.2) is 13.4 Å². The summed E-state index contributed by atoms with van der Waals surface area (Å²) in [5.74, 6) is 0.650. The van der Waals surface area contributed by atoms with Crippen LogP contribution in [0.15, 0.2) is 0 Å². The van der Waals surface area contributed by atoms with Gasteiger partial charge in [-0.2, -0.15) is 0 Å². The summed E-state index contributed by atoms with van der Waals surface area (Å²) in [4.78, 5) is 0. The maximum atomic E-state index is 14.3. The molecule has 4 rings (SSSR count). The molecule has 4 aliphatic carbocycles. The summed E-state index contributed by atoms with van der Waals surface area (Å²) in [6.45, 7) is 0. The largest absolute Gasteiger partial charge is 0.244 e. The van der Waals surface area contributed by atoms with Crippen LogP contribution in [0.5, 0.6) is 0 Å². The molecule has 0 aromatic rings. The second-order valence-electron chi connectivity index (χ2n) is 5.46. The third kappa shape index (κ3) is 1.40. The predicted molar refractivity (Wildman–Crippen MR) is 63.4 cm³/mol. The van der Waals surface area contributed by atoms with E-state index >= 15 is 0 Å². The molecular formula is C10H13BrFI. The van der Waals surface area contributed by atoms with Gasteiger partial charge in [0.15, 0.2) is 0 Å². The molecule has 0 amide bonds. The highest BCUT2D eigenvalue weighted by atomic mass is 127. The molecule has 0 aromatic carbocycles. The molecule has 0 radical (unpaired) electrons. The average molecular weight is 359 g/mol. The molecule has 4 atom stereocenters. The van der Waals surface area contributed by atoms with E-state index < -0.39 is 5.67 Å². The Labute approximate surface area is 100 Å². The molecule has 4 bridgehead atoms. The average Bonchev–Trinajstić information content (AvgIpc) is 1.71. The van der Waals surface area contributed by atoms with Crippen molar-refractivity contribution in [2.45, 2.75) is 51.9 Å². The van der Waals surface area contributed by atoms with Gasteiger partial charge in [-0.25, -0.2) is 4.39 Å². The summed E-state index contributed by atoms with van der Waals surface area (Å²) in [6, 6.07) is 0. The van der Waals surface area contributed by atoms with Gasteiger partial charge in [0, 0.05) is 7.75 Å². The van der Waals surface area contributed by atoms with Crippen LogP contribution in [0.4, 0.5) is 4.39 Å². The predicted octanol–water partition coefficient (Wildman–Crippen LogP) is 4.00. The second kappa shape index (κ2) is 2.45. The van der Waals surface area contributed by atoms with Gasteiger partial charge in [-0.15, -0.1) is 0 Å². The van der Waals surface area contributed by atoms with Gasteiger partial charge in [-0.3, -0.25) is 0 Å². The van der Waals surface area contributed by atoms with Crippen LogP contribution >= 0.6 is 38.5 Å².